The molecule has 5 rings (SSSR count). The molecule has 4 aromatic rings. The molecule has 1 aliphatic heterocycles. The van der Waals surface area contributed by atoms with E-state index in [0.29, 0.717) is 37.6 Å². The molecule has 1 aliphatic rings. The van der Waals surface area contributed by atoms with Gasteiger partial charge in [0.2, 0.25) is 5.90 Å². The van der Waals surface area contributed by atoms with Crippen LogP contribution in [0.15, 0.2) is 119 Å². The normalized spacial score (nSPS) is 17.6. The number of amides is 1. The fourth-order valence-corrected chi connectivity index (χ4v) is 5.62. The molecule has 1 heterocycles. The summed E-state index contributed by atoms with van der Waals surface area (Å²) in [5.41, 5.74) is 9.76. The molecule has 4 aromatic carbocycles. The van der Waals surface area contributed by atoms with Crippen molar-refractivity contribution in [1.82, 2.24) is 10.9 Å². The molecule has 0 radical (unpaired) electrons. The lowest BCUT2D eigenvalue weighted by Crippen LogP contribution is -2.52. The van der Waals surface area contributed by atoms with Crippen molar-refractivity contribution in [1.29, 1.82) is 0 Å². The Morgan fingerprint density at radius 3 is 2.47 bits per heavy atom. The first-order chi connectivity index (χ1) is 22.0. The third kappa shape index (κ3) is 8.28. The molecular weight excluding hydrogens is 630 g/mol. The van der Waals surface area contributed by atoms with Crippen molar-refractivity contribution < 1.29 is 19.4 Å². The summed E-state index contributed by atoms with van der Waals surface area (Å²) >= 11 is 3.69. The first-order valence-corrected chi connectivity index (χ1v) is 15.9. The Hall–Kier alpha value is -4.24. The van der Waals surface area contributed by atoms with E-state index in [2.05, 4.69) is 58.0 Å². The van der Waals surface area contributed by atoms with Gasteiger partial charge in [-0.25, -0.2) is 10.4 Å². The summed E-state index contributed by atoms with van der Waals surface area (Å²) < 4.78 is 13.1. The number of aliphatic hydroxyl groups is 1. The van der Waals surface area contributed by atoms with Crippen LogP contribution < -0.4 is 15.6 Å². The standard InChI is InChI=1S/C37H38BrN3O4/c1-27-14-16-29(17-15-27)22-24-39-41-36(43)37(23-7-11-28-9-3-2-4-10-28)34(32-12-5-6-13-33(32)38)45-35(40-37)30-18-20-31(21-19-30)44-26-8-25-42/h2-7,9-21,34,39,42H,8,22-26H2,1H3,(H,41,43)/b11-7+/t34-,37-/m0/s1. The SMILES string of the molecule is Cc1ccc(CCNNC(=O)[C@@]2(C/C=C/c3ccccc3)N=C(c3ccc(OCCCO)cc3)O[C@H]2c2ccccc2Br)cc1. The molecule has 7 nitrogen and oxygen atoms in total. The molecule has 0 saturated heterocycles. The maximum Gasteiger partial charge on any atom is 0.266 e. The fraction of sp³-hybridized carbons (Fsp3) is 0.243. The molecule has 0 bridgehead atoms. The minimum atomic E-state index is -1.31. The molecule has 1 amide bonds. The molecule has 45 heavy (non-hydrogen) atoms. The summed E-state index contributed by atoms with van der Waals surface area (Å²) in [6, 6.07) is 33.5. The summed E-state index contributed by atoms with van der Waals surface area (Å²) in [6.45, 7) is 3.11. The van der Waals surface area contributed by atoms with E-state index in [1.54, 1.807) is 0 Å². The van der Waals surface area contributed by atoms with E-state index < -0.39 is 11.6 Å². The zero-order valence-corrected chi connectivity index (χ0v) is 26.9. The average molecular weight is 669 g/mol. The molecule has 0 aromatic heterocycles. The topological polar surface area (TPSA) is 92.2 Å². The van der Waals surface area contributed by atoms with Gasteiger partial charge in [-0.1, -0.05) is 106 Å². The Kier molecular flexibility index (Phi) is 11.2. The van der Waals surface area contributed by atoms with Crippen LogP contribution >= 0.6 is 15.9 Å². The van der Waals surface area contributed by atoms with Crippen LogP contribution in [0.4, 0.5) is 0 Å². The highest BCUT2D eigenvalue weighted by atomic mass is 79.9. The molecule has 2 atom stereocenters. The number of rotatable bonds is 14. The maximum atomic E-state index is 14.3. The van der Waals surface area contributed by atoms with Crippen LogP contribution in [0, 0.1) is 6.92 Å². The average Bonchev–Trinajstić information content (AvgIpc) is 3.45. The number of carbonyl (C=O) groups is 1. The Balaban J connectivity index is 1.45. The second kappa shape index (κ2) is 15.7. The predicted molar refractivity (Wildman–Crippen MR) is 182 cm³/mol. The van der Waals surface area contributed by atoms with Gasteiger partial charge < -0.3 is 14.6 Å². The highest BCUT2D eigenvalue weighted by molar-refractivity contribution is 9.10. The summed E-state index contributed by atoms with van der Waals surface area (Å²) in [5, 5.41) is 9.06. The van der Waals surface area contributed by atoms with Crippen molar-refractivity contribution in [2.45, 2.75) is 37.8 Å². The lowest BCUT2D eigenvalue weighted by Gasteiger charge is -2.30. The van der Waals surface area contributed by atoms with Crippen LogP contribution in [-0.2, 0) is 16.0 Å². The van der Waals surface area contributed by atoms with Gasteiger partial charge in [0.1, 0.15) is 5.75 Å². The van der Waals surface area contributed by atoms with E-state index in [1.807, 2.05) is 91.0 Å². The number of hydrazine groups is 1. The lowest BCUT2D eigenvalue weighted by atomic mass is 9.84. The van der Waals surface area contributed by atoms with Crippen molar-refractivity contribution in [3.8, 4) is 5.75 Å². The first-order valence-electron chi connectivity index (χ1n) is 15.1. The van der Waals surface area contributed by atoms with Crippen molar-refractivity contribution in [3.63, 3.8) is 0 Å². The molecule has 232 valence electrons. The molecule has 0 fully saturated rings. The Morgan fingerprint density at radius 1 is 1.00 bits per heavy atom. The zero-order chi connectivity index (χ0) is 31.5. The quantitative estimate of drug-likeness (QED) is 0.102. The number of carbonyl (C=O) groups excluding carboxylic acids is 1. The number of hydrogen-bond donors (Lipinski definition) is 3. The summed E-state index contributed by atoms with van der Waals surface area (Å²) in [7, 11) is 0. The number of aliphatic hydroxyl groups excluding tert-OH is 1. The largest absolute Gasteiger partial charge is 0.494 e. The Labute approximate surface area is 273 Å². The summed E-state index contributed by atoms with van der Waals surface area (Å²) in [6.07, 6.45) is 4.89. The van der Waals surface area contributed by atoms with Gasteiger partial charge >= 0.3 is 0 Å². The minimum Gasteiger partial charge on any atom is -0.494 e. The van der Waals surface area contributed by atoms with Gasteiger partial charge in [0.05, 0.1) is 6.61 Å². The van der Waals surface area contributed by atoms with E-state index in [4.69, 9.17) is 19.6 Å². The van der Waals surface area contributed by atoms with Crippen molar-refractivity contribution in [2.75, 3.05) is 19.8 Å². The number of benzene rings is 4. The van der Waals surface area contributed by atoms with Crippen LogP contribution in [0.5, 0.6) is 5.75 Å². The van der Waals surface area contributed by atoms with Crippen molar-refractivity contribution >= 4 is 33.8 Å². The van der Waals surface area contributed by atoms with Gasteiger partial charge in [0.15, 0.2) is 11.6 Å². The molecule has 0 spiro atoms. The van der Waals surface area contributed by atoms with Crippen LogP contribution in [0.3, 0.4) is 0 Å². The zero-order valence-electron chi connectivity index (χ0n) is 25.3. The number of hydrogen-bond acceptors (Lipinski definition) is 6. The summed E-state index contributed by atoms with van der Waals surface area (Å²) in [4.78, 5) is 19.4. The highest BCUT2D eigenvalue weighted by Crippen LogP contribution is 2.45. The van der Waals surface area contributed by atoms with Crippen LogP contribution in [-0.4, -0.2) is 42.2 Å². The second-order valence-electron chi connectivity index (χ2n) is 10.9. The second-order valence-corrected chi connectivity index (χ2v) is 11.8. The molecule has 0 saturated carbocycles. The smallest absolute Gasteiger partial charge is 0.266 e. The van der Waals surface area contributed by atoms with Gasteiger partial charge in [0.25, 0.3) is 5.91 Å². The van der Waals surface area contributed by atoms with E-state index in [1.165, 1.54) is 11.1 Å². The monoisotopic (exact) mass is 667 g/mol. The third-order valence-corrected chi connectivity index (χ3v) is 8.34. The number of aliphatic imine (C=N–C) groups is 1. The number of ether oxygens (including phenoxy) is 2. The number of aryl methyl sites for hydroxylation is 1. The van der Waals surface area contributed by atoms with Crippen LogP contribution in [0.1, 0.15) is 46.8 Å². The van der Waals surface area contributed by atoms with Gasteiger partial charge in [-0.2, -0.15) is 0 Å². The van der Waals surface area contributed by atoms with Gasteiger partial charge in [-0.15, -0.1) is 0 Å². The highest BCUT2D eigenvalue weighted by Gasteiger charge is 2.53. The fourth-order valence-electron chi connectivity index (χ4n) is 5.13. The van der Waals surface area contributed by atoms with Gasteiger partial charge in [0, 0.05) is 41.6 Å². The predicted octanol–water partition coefficient (Wildman–Crippen LogP) is 6.74. The molecule has 8 heteroatoms. The lowest BCUT2D eigenvalue weighted by molar-refractivity contribution is -0.129. The third-order valence-electron chi connectivity index (χ3n) is 7.62. The van der Waals surface area contributed by atoms with Gasteiger partial charge in [-0.3, -0.25) is 10.2 Å². The Morgan fingerprint density at radius 2 is 1.73 bits per heavy atom. The van der Waals surface area contributed by atoms with Crippen LogP contribution in [0.25, 0.3) is 6.08 Å². The number of halogens is 1. The summed E-state index contributed by atoms with van der Waals surface area (Å²) in [5.74, 6) is 0.769. The number of nitrogens with zero attached hydrogens (tertiary/aromatic N) is 1. The van der Waals surface area contributed by atoms with E-state index in [-0.39, 0.29) is 12.5 Å². The van der Waals surface area contributed by atoms with Crippen molar-refractivity contribution in [2.24, 2.45) is 4.99 Å². The maximum absolute atomic E-state index is 14.3. The molecule has 3 N–H and O–H groups in total. The first kappa shape index (κ1) is 32.2. The molecule has 0 aliphatic carbocycles. The molecular formula is C37H38BrN3O4. The minimum absolute atomic E-state index is 0.0723. The van der Waals surface area contributed by atoms with Crippen molar-refractivity contribution in [3.05, 3.63) is 141 Å². The molecule has 0 unspecified atom stereocenters. The number of nitrogens with one attached hydrogen (secondary N) is 2. The Bertz CT molecular complexity index is 1610. The van der Waals surface area contributed by atoms with Crippen LogP contribution in [0.2, 0.25) is 0 Å². The van der Waals surface area contributed by atoms with E-state index >= 15 is 0 Å². The van der Waals surface area contributed by atoms with Gasteiger partial charge in [-0.05, 0) is 54.8 Å². The van der Waals surface area contributed by atoms with E-state index in [9.17, 15) is 4.79 Å². The van der Waals surface area contributed by atoms with E-state index in [0.717, 1.165) is 27.6 Å².